The Morgan fingerprint density at radius 1 is 0.882 bits per heavy atom. The Morgan fingerprint density at radius 3 is 2.24 bits per heavy atom. The highest BCUT2D eigenvalue weighted by Crippen LogP contribution is 2.38. The quantitative estimate of drug-likeness (QED) is 0.673. The number of para-hydroxylation sites is 1. The monoisotopic (exact) mass is 227 g/mol. The van der Waals surface area contributed by atoms with Gasteiger partial charge in [0.1, 0.15) is 5.69 Å². The molecule has 84 valence electrons. The fraction of sp³-hybridized carbons (Fsp3) is 0. The van der Waals surface area contributed by atoms with E-state index in [2.05, 4.69) is 0 Å². The zero-order chi connectivity index (χ0) is 11.8. The van der Waals surface area contributed by atoms with E-state index in [-0.39, 0.29) is 11.4 Å². The molecule has 0 unspecified atom stereocenters. The molecule has 2 aromatic carbocycles. The summed E-state index contributed by atoms with van der Waals surface area (Å²) in [5.41, 5.74) is 1.24. The maximum Gasteiger partial charge on any atom is 0.152 e. The van der Waals surface area contributed by atoms with Crippen LogP contribution >= 0.6 is 0 Å². The van der Waals surface area contributed by atoms with Gasteiger partial charge in [0.05, 0.1) is 5.52 Å². The van der Waals surface area contributed by atoms with Gasteiger partial charge in [-0.3, -0.25) is 0 Å². The summed E-state index contributed by atoms with van der Waals surface area (Å²) in [4.78, 5) is 0.528. The molecule has 0 aliphatic carbocycles. The summed E-state index contributed by atoms with van der Waals surface area (Å²) in [6, 6.07) is 15.9. The van der Waals surface area contributed by atoms with Crippen molar-refractivity contribution in [1.29, 1.82) is 0 Å². The molecule has 0 atom stereocenters. The second-order valence-corrected chi connectivity index (χ2v) is 3.86. The van der Waals surface area contributed by atoms with Crippen LogP contribution in [0.1, 0.15) is 0 Å². The molecule has 2 nitrogen and oxygen atoms in total. The van der Waals surface area contributed by atoms with E-state index in [0.29, 0.717) is 21.3 Å². The zero-order valence-corrected chi connectivity index (χ0v) is 8.97. The van der Waals surface area contributed by atoms with Gasteiger partial charge in [0.15, 0.2) is 5.75 Å². The number of rotatable bonds is 1. The summed E-state index contributed by atoms with van der Waals surface area (Å²) in [7, 11) is 0. The minimum atomic E-state index is -0.0192. The Kier molecular flexibility index (Phi) is 2.11. The SMILES string of the molecule is Oc1c(-c2ccccc2)n(F)c2ccccc12. The van der Waals surface area contributed by atoms with Crippen LogP contribution < -0.4 is 0 Å². The third-order valence-electron chi connectivity index (χ3n) is 2.84. The van der Waals surface area contributed by atoms with Crippen molar-refractivity contribution < 1.29 is 9.59 Å². The molecular weight excluding hydrogens is 217 g/mol. The van der Waals surface area contributed by atoms with Crippen LogP contribution in [0.4, 0.5) is 4.48 Å². The van der Waals surface area contributed by atoms with E-state index in [4.69, 9.17) is 0 Å². The number of fused-ring (bicyclic) bond motifs is 1. The number of aromatic hydroxyl groups is 1. The molecular formula is C14H10FNO. The van der Waals surface area contributed by atoms with E-state index in [0.717, 1.165) is 0 Å². The Morgan fingerprint density at radius 2 is 1.53 bits per heavy atom. The smallest absolute Gasteiger partial charge is 0.152 e. The first-order valence-corrected chi connectivity index (χ1v) is 5.33. The Hall–Kier alpha value is -2.29. The molecule has 1 N–H and O–H groups in total. The summed E-state index contributed by atoms with van der Waals surface area (Å²) >= 11 is 0. The van der Waals surface area contributed by atoms with Gasteiger partial charge in [-0.1, -0.05) is 46.9 Å². The highest BCUT2D eigenvalue weighted by Gasteiger charge is 2.17. The maximum absolute atomic E-state index is 14.1. The van der Waals surface area contributed by atoms with E-state index in [1.807, 2.05) is 18.2 Å². The summed E-state index contributed by atoms with van der Waals surface area (Å²) in [5.74, 6) is -0.0192. The van der Waals surface area contributed by atoms with Gasteiger partial charge in [0.25, 0.3) is 0 Å². The highest BCUT2D eigenvalue weighted by molar-refractivity contribution is 5.94. The molecule has 0 saturated heterocycles. The fourth-order valence-electron chi connectivity index (χ4n) is 2.03. The normalized spacial score (nSPS) is 10.9. The van der Waals surface area contributed by atoms with Gasteiger partial charge in [-0.15, -0.1) is 0 Å². The Bertz CT molecular complexity index is 634. The fourth-order valence-corrected chi connectivity index (χ4v) is 2.03. The van der Waals surface area contributed by atoms with E-state index in [1.165, 1.54) is 0 Å². The van der Waals surface area contributed by atoms with Crippen molar-refractivity contribution in [2.75, 3.05) is 0 Å². The van der Waals surface area contributed by atoms with Crippen molar-refractivity contribution >= 4 is 10.9 Å². The van der Waals surface area contributed by atoms with Gasteiger partial charge in [-0.05, 0) is 12.1 Å². The minimum absolute atomic E-state index is 0.0192. The molecule has 1 heterocycles. The lowest BCUT2D eigenvalue weighted by Gasteiger charge is -2.00. The molecule has 3 rings (SSSR count). The van der Waals surface area contributed by atoms with Gasteiger partial charge in [-0.25, -0.2) is 0 Å². The number of aromatic nitrogens is 1. The Labute approximate surface area is 97.5 Å². The van der Waals surface area contributed by atoms with Crippen molar-refractivity contribution in [1.82, 2.24) is 4.79 Å². The number of nitrogens with zero attached hydrogens (tertiary/aromatic N) is 1. The molecule has 17 heavy (non-hydrogen) atoms. The number of halogens is 1. The third-order valence-corrected chi connectivity index (χ3v) is 2.84. The van der Waals surface area contributed by atoms with Crippen LogP contribution in [0.3, 0.4) is 0 Å². The first kappa shape index (κ1) is 9.90. The van der Waals surface area contributed by atoms with Crippen molar-refractivity contribution in [2.45, 2.75) is 0 Å². The number of hydrogen-bond donors (Lipinski definition) is 1. The maximum atomic E-state index is 14.1. The van der Waals surface area contributed by atoms with Crippen molar-refractivity contribution in [2.24, 2.45) is 0 Å². The summed E-state index contributed by atoms with van der Waals surface area (Å²) in [6.07, 6.45) is 0. The van der Waals surface area contributed by atoms with Crippen LogP contribution in [0.25, 0.3) is 22.2 Å². The molecule has 0 bridgehead atoms. The molecule has 3 heteroatoms. The van der Waals surface area contributed by atoms with Crippen LogP contribution in [0, 0.1) is 0 Å². The van der Waals surface area contributed by atoms with Crippen LogP contribution in [0.2, 0.25) is 0 Å². The average molecular weight is 227 g/mol. The van der Waals surface area contributed by atoms with E-state index in [9.17, 15) is 9.59 Å². The van der Waals surface area contributed by atoms with Gasteiger partial charge in [0, 0.05) is 10.9 Å². The molecule has 0 spiro atoms. The predicted molar refractivity (Wildman–Crippen MR) is 65.5 cm³/mol. The van der Waals surface area contributed by atoms with Crippen LogP contribution in [0.5, 0.6) is 5.75 Å². The zero-order valence-electron chi connectivity index (χ0n) is 8.97. The summed E-state index contributed by atoms with van der Waals surface area (Å²) in [6.45, 7) is 0. The molecule has 0 amide bonds. The van der Waals surface area contributed by atoms with E-state index >= 15 is 0 Å². The van der Waals surface area contributed by atoms with Crippen molar-refractivity contribution in [3.8, 4) is 17.0 Å². The molecule has 3 aromatic rings. The largest absolute Gasteiger partial charge is 0.505 e. The molecule has 0 radical (unpaired) electrons. The van der Waals surface area contributed by atoms with Crippen LogP contribution in [0.15, 0.2) is 54.6 Å². The van der Waals surface area contributed by atoms with Gasteiger partial charge in [-0.2, -0.15) is 4.79 Å². The van der Waals surface area contributed by atoms with Crippen LogP contribution in [-0.4, -0.2) is 9.90 Å². The van der Waals surface area contributed by atoms with Crippen LogP contribution in [-0.2, 0) is 0 Å². The first-order valence-electron chi connectivity index (χ1n) is 5.33. The average Bonchev–Trinajstić information content (AvgIpc) is 2.64. The lowest BCUT2D eigenvalue weighted by atomic mass is 10.1. The predicted octanol–water partition coefficient (Wildman–Crippen LogP) is 3.75. The summed E-state index contributed by atoms with van der Waals surface area (Å²) < 4.78 is 14.1. The number of hydrogen-bond acceptors (Lipinski definition) is 1. The molecule has 1 aromatic heterocycles. The second-order valence-electron chi connectivity index (χ2n) is 3.86. The molecule has 0 fully saturated rings. The highest BCUT2D eigenvalue weighted by atomic mass is 19.2. The van der Waals surface area contributed by atoms with Gasteiger partial charge in [0.2, 0.25) is 0 Å². The topological polar surface area (TPSA) is 25.2 Å². The second kappa shape index (κ2) is 3.63. The third kappa shape index (κ3) is 1.40. The number of benzene rings is 2. The van der Waals surface area contributed by atoms with E-state index in [1.54, 1.807) is 36.4 Å². The standard InChI is InChI=1S/C14H10FNO/c15-16-12-9-5-4-8-11(12)14(17)13(16)10-6-2-1-3-7-10/h1-9,17H. The van der Waals surface area contributed by atoms with Gasteiger partial charge < -0.3 is 5.11 Å². The van der Waals surface area contributed by atoms with Crippen molar-refractivity contribution in [3.63, 3.8) is 0 Å². The van der Waals surface area contributed by atoms with Gasteiger partial charge >= 0.3 is 0 Å². The molecule has 0 saturated carbocycles. The first-order chi connectivity index (χ1) is 8.29. The van der Waals surface area contributed by atoms with E-state index < -0.39 is 0 Å². The molecule has 0 aliphatic heterocycles. The lowest BCUT2D eigenvalue weighted by molar-refractivity contribution is 0.386. The Balaban J connectivity index is 2.38. The lowest BCUT2D eigenvalue weighted by Crippen LogP contribution is -1.86. The minimum Gasteiger partial charge on any atom is -0.505 e. The summed E-state index contributed by atoms with van der Waals surface area (Å²) in [5, 5.41) is 10.6. The van der Waals surface area contributed by atoms with Crippen molar-refractivity contribution in [3.05, 3.63) is 54.6 Å². The molecule has 0 aliphatic rings.